The molecule has 0 aliphatic carbocycles. The summed E-state index contributed by atoms with van der Waals surface area (Å²) in [5.41, 5.74) is 6.17. The molecule has 3 rings (SSSR count). The lowest BCUT2D eigenvalue weighted by Gasteiger charge is -2.16. The van der Waals surface area contributed by atoms with Crippen molar-refractivity contribution in [3.63, 3.8) is 0 Å². The second-order valence-corrected chi connectivity index (χ2v) is 8.78. The van der Waals surface area contributed by atoms with E-state index in [1.807, 2.05) is 51.1 Å². The van der Waals surface area contributed by atoms with Gasteiger partial charge in [-0.05, 0) is 60.9 Å². The average molecular weight is 527 g/mol. The van der Waals surface area contributed by atoms with Gasteiger partial charge in [0.2, 0.25) is 0 Å². The van der Waals surface area contributed by atoms with E-state index in [1.165, 1.54) is 12.1 Å². The maximum atomic E-state index is 15.2. The maximum Gasteiger partial charge on any atom is 0.147 e. The number of rotatable bonds is 10. The van der Waals surface area contributed by atoms with Crippen LogP contribution in [0.1, 0.15) is 40.8 Å². The van der Waals surface area contributed by atoms with Crippen molar-refractivity contribution in [3.8, 4) is 12.8 Å². The predicted molar refractivity (Wildman–Crippen MR) is 161 cm³/mol. The summed E-state index contributed by atoms with van der Waals surface area (Å²) in [6.45, 7) is 11.5. The summed E-state index contributed by atoms with van der Waals surface area (Å²) in [5, 5.41) is 2.99. The summed E-state index contributed by atoms with van der Waals surface area (Å²) < 4.78 is 29.8. The molecule has 1 heterocycles. The number of anilines is 1. The van der Waals surface area contributed by atoms with Crippen LogP contribution in [0.4, 0.5) is 14.5 Å². The van der Waals surface area contributed by atoms with Crippen LogP contribution in [-0.4, -0.2) is 36.0 Å². The van der Waals surface area contributed by atoms with Gasteiger partial charge in [-0.3, -0.25) is 0 Å². The van der Waals surface area contributed by atoms with E-state index >= 15 is 4.39 Å². The van der Waals surface area contributed by atoms with E-state index in [-0.39, 0.29) is 11.6 Å². The molecular formula is C33H36F2N4. The van der Waals surface area contributed by atoms with Crippen molar-refractivity contribution in [2.45, 2.75) is 20.3 Å². The Kier molecular flexibility index (Phi) is 11.3. The number of H-pyrrole nitrogens is 1. The summed E-state index contributed by atoms with van der Waals surface area (Å²) in [5.74, 6) is -0.0466. The van der Waals surface area contributed by atoms with E-state index in [0.29, 0.717) is 34.8 Å². The summed E-state index contributed by atoms with van der Waals surface area (Å²) in [6, 6.07) is 10.1. The molecule has 0 spiro atoms. The van der Waals surface area contributed by atoms with Gasteiger partial charge in [0.15, 0.2) is 0 Å². The fourth-order valence-electron chi connectivity index (χ4n) is 4.26. The van der Waals surface area contributed by atoms with Crippen molar-refractivity contribution in [1.29, 1.82) is 0 Å². The van der Waals surface area contributed by atoms with Gasteiger partial charge in [0, 0.05) is 50.1 Å². The number of aryl methyl sites for hydroxylation is 1. The summed E-state index contributed by atoms with van der Waals surface area (Å²) in [4.78, 5) is 10.0. The lowest BCUT2D eigenvalue weighted by molar-refractivity contribution is 0.530. The number of halogens is 2. The minimum absolute atomic E-state index is 0.338. The molecule has 0 atom stereocenters. The number of terminal acetylenes is 1. The van der Waals surface area contributed by atoms with Crippen molar-refractivity contribution in [3.05, 3.63) is 131 Å². The molecule has 1 aromatic heterocycles. The smallest absolute Gasteiger partial charge is 0.147 e. The van der Waals surface area contributed by atoms with Crippen LogP contribution in [0.5, 0.6) is 0 Å². The van der Waals surface area contributed by atoms with Gasteiger partial charge in [-0.15, -0.1) is 12.8 Å². The molecule has 0 saturated heterocycles. The Labute approximate surface area is 231 Å². The number of imidazole rings is 1. The molecule has 39 heavy (non-hydrogen) atoms. The van der Waals surface area contributed by atoms with E-state index in [4.69, 9.17) is 4.98 Å². The summed E-state index contributed by atoms with van der Waals surface area (Å²) in [6.07, 6.45) is 17.4. The first-order valence-corrected chi connectivity index (χ1v) is 12.4. The van der Waals surface area contributed by atoms with Crippen LogP contribution in [0.25, 0.3) is 11.1 Å². The molecular weight excluding hydrogens is 490 g/mol. The van der Waals surface area contributed by atoms with E-state index in [2.05, 4.69) is 36.3 Å². The number of aromatic amines is 1. The topological polar surface area (TPSA) is 44.0 Å². The molecule has 0 amide bonds. The number of hydrogen-bond acceptors (Lipinski definition) is 3. The van der Waals surface area contributed by atoms with E-state index in [1.54, 1.807) is 43.5 Å². The van der Waals surface area contributed by atoms with Crippen LogP contribution in [0.3, 0.4) is 0 Å². The van der Waals surface area contributed by atoms with Crippen LogP contribution >= 0.6 is 0 Å². The normalized spacial score (nSPS) is 11.9. The molecule has 0 radical (unpaired) electrons. The van der Waals surface area contributed by atoms with Crippen LogP contribution < -0.4 is 5.32 Å². The number of likely N-dealkylation sites (N-methyl/N-ethyl adjacent to an activating group) is 1. The van der Waals surface area contributed by atoms with Crippen LogP contribution in [-0.2, 0) is 6.42 Å². The van der Waals surface area contributed by atoms with Gasteiger partial charge >= 0.3 is 0 Å². The number of nitrogens with one attached hydrogen (secondary N) is 2. The fraction of sp³-hybridized carbons (Fsp3) is 0.182. The van der Waals surface area contributed by atoms with Gasteiger partial charge in [0.25, 0.3) is 0 Å². The maximum absolute atomic E-state index is 15.2. The number of benzene rings is 2. The molecule has 0 fully saturated rings. The quantitative estimate of drug-likeness (QED) is 0.212. The first-order chi connectivity index (χ1) is 18.7. The number of hydrogen-bond donors (Lipinski definition) is 2. The highest BCUT2D eigenvalue weighted by Gasteiger charge is 2.18. The molecule has 0 unspecified atom stereocenters. The van der Waals surface area contributed by atoms with Crippen molar-refractivity contribution < 1.29 is 8.78 Å². The van der Waals surface area contributed by atoms with Crippen LogP contribution in [0.15, 0.2) is 85.6 Å². The Bertz CT molecular complexity index is 1440. The largest absolute Gasteiger partial charge is 0.386 e. The van der Waals surface area contributed by atoms with Gasteiger partial charge in [-0.1, -0.05) is 49.6 Å². The van der Waals surface area contributed by atoms with E-state index in [9.17, 15) is 4.39 Å². The molecule has 0 bridgehead atoms. The highest BCUT2D eigenvalue weighted by atomic mass is 19.1. The van der Waals surface area contributed by atoms with Gasteiger partial charge in [-0.25, -0.2) is 13.8 Å². The number of nitrogens with zero attached hydrogens (tertiary/aromatic N) is 2. The van der Waals surface area contributed by atoms with Crippen molar-refractivity contribution in [1.82, 2.24) is 14.9 Å². The highest BCUT2D eigenvalue weighted by Crippen LogP contribution is 2.31. The third-order valence-electron chi connectivity index (χ3n) is 6.09. The Hall–Kier alpha value is -4.63. The van der Waals surface area contributed by atoms with Crippen molar-refractivity contribution >= 4 is 16.8 Å². The molecule has 0 aliphatic rings. The zero-order valence-electron chi connectivity index (χ0n) is 23.3. The lowest BCUT2D eigenvalue weighted by atomic mass is 9.98. The zero-order chi connectivity index (χ0) is 29.1. The first kappa shape index (κ1) is 30.6. The molecule has 0 saturated carbocycles. The molecule has 2 aromatic carbocycles. The molecule has 202 valence electrons. The molecule has 0 aliphatic heterocycles. The SMILES string of the molecule is C#C.C=C/C=C(/c1ccccc1F)c1nc(Cc2cc(C(=C/C)/C=C(\C=C)N(C)C)cc(F)c2NC)[nH]c1C. The summed E-state index contributed by atoms with van der Waals surface area (Å²) in [7, 11) is 5.57. The van der Waals surface area contributed by atoms with Gasteiger partial charge < -0.3 is 15.2 Å². The lowest BCUT2D eigenvalue weighted by Crippen LogP contribution is -2.09. The fourth-order valence-corrected chi connectivity index (χ4v) is 4.26. The third-order valence-corrected chi connectivity index (χ3v) is 6.09. The minimum atomic E-state index is -0.352. The summed E-state index contributed by atoms with van der Waals surface area (Å²) >= 11 is 0. The molecule has 6 heteroatoms. The Morgan fingerprint density at radius 1 is 1.13 bits per heavy atom. The average Bonchev–Trinajstić information content (AvgIpc) is 3.28. The Morgan fingerprint density at radius 2 is 1.82 bits per heavy atom. The molecule has 2 N–H and O–H groups in total. The second-order valence-electron chi connectivity index (χ2n) is 8.78. The predicted octanol–water partition coefficient (Wildman–Crippen LogP) is 7.53. The standard InChI is InChI=1S/C31H34F2N4.C2H2/c1-8-13-26(25-14-11-12-15-27(25)32)30-20(4)35-29(36-30)19-23-16-22(18-28(33)31(23)34-5)21(9-2)17-24(10-3)37(6)7;1-2/h8-18,34H,1,3,19H2,2,4-7H3,(H,35,36);1-2H/b21-9+,24-17+,26-13-;. The van der Waals surface area contributed by atoms with E-state index in [0.717, 1.165) is 28.1 Å². The Balaban J connectivity index is 0.00000260. The van der Waals surface area contributed by atoms with Crippen molar-refractivity contribution in [2.75, 3.05) is 26.5 Å². The van der Waals surface area contributed by atoms with Crippen LogP contribution in [0, 0.1) is 31.4 Å². The monoisotopic (exact) mass is 526 g/mol. The highest BCUT2D eigenvalue weighted by molar-refractivity contribution is 5.80. The van der Waals surface area contributed by atoms with Crippen molar-refractivity contribution in [2.24, 2.45) is 0 Å². The number of aromatic nitrogens is 2. The zero-order valence-corrected chi connectivity index (χ0v) is 23.3. The molecule has 3 aromatic rings. The van der Waals surface area contributed by atoms with Gasteiger partial charge in [0.05, 0.1) is 11.4 Å². The van der Waals surface area contributed by atoms with Crippen LogP contribution in [0.2, 0.25) is 0 Å². The third kappa shape index (κ3) is 7.24. The Morgan fingerprint density at radius 3 is 2.38 bits per heavy atom. The van der Waals surface area contributed by atoms with E-state index < -0.39 is 0 Å². The van der Waals surface area contributed by atoms with Gasteiger partial charge in [-0.2, -0.15) is 0 Å². The second kappa shape index (κ2) is 14.3. The number of allylic oxidation sites excluding steroid dienone is 6. The first-order valence-electron chi connectivity index (χ1n) is 12.4. The minimum Gasteiger partial charge on any atom is -0.386 e. The molecule has 4 nitrogen and oxygen atoms in total. The van der Waals surface area contributed by atoms with Gasteiger partial charge in [0.1, 0.15) is 17.5 Å².